The minimum Gasteiger partial charge on any atom is -0.385 e. The molecule has 1 fully saturated rings. The van der Waals surface area contributed by atoms with Gasteiger partial charge in [-0.15, -0.1) is 0 Å². The molecule has 2 N–H and O–H groups in total. The van der Waals surface area contributed by atoms with Crippen LogP contribution in [0.1, 0.15) is 42.5 Å². The molecule has 1 aromatic rings. The van der Waals surface area contributed by atoms with Gasteiger partial charge in [-0.3, -0.25) is 4.79 Å². The first-order chi connectivity index (χ1) is 9.79. The number of hydrogen-bond acceptors (Lipinski definition) is 4. The van der Waals surface area contributed by atoms with Crippen molar-refractivity contribution in [3.8, 4) is 0 Å². The van der Waals surface area contributed by atoms with E-state index in [0.717, 1.165) is 12.2 Å². The summed E-state index contributed by atoms with van der Waals surface area (Å²) in [6, 6.07) is 4.07. The fourth-order valence-electron chi connectivity index (χ4n) is 2.45. The Morgan fingerprint density at radius 2 is 2.25 bits per heavy atom. The lowest BCUT2D eigenvalue weighted by Gasteiger charge is -2.13. The Hall–Kier alpha value is -1.62. The molecule has 1 amide bonds. The van der Waals surface area contributed by atoms with Crippen molar-refractivity contribution in [1.29, 1.82) is 0 Å². The number of nitrogens with one attached hydrogen (secondary N) is 2. The average Bonchev–Trinajstić information content (AvgIpc) is 2.96. The number of carbonyl (C=O) groups is 1. The molecule has 1 aliphatic carbocycles. The van der Waals surface area contributed by atoms with Gasteiger partial charge in [-0.2, -0.15) is 0 Å². The lowest BCUT2D eigenvalue weighted by atomic mass is 10.2. The summed E-state index contributed by atoms with van der Waals surface area (Å²) in [5.74, 6) is 0.736. The van der Waals surface area contributed by atoms with Gasteiger partial charge in [0.15, 0.2) is 0 Å². The summed E-state index contributed by atoms with van der Waals surface area (Å²) >= 11 is 0. The smallest absolute Gasteiger partial charge is 0.251 e. The zero-order valence-electron chi connectivity index (χ0n) is 12.0. The third-order valence-electron chi connectivity index (χ3n) is 3.54. The van der Waals surface area contributed by atoms with Gasteiger partial charge in [0.05, 0.1) is 0 Å². The maximum Gasteiger partial charge on any atom is 0.251 e. The van der Waals surface area contributed by atoms with Crippen molar-refractivity contribution < 1.29 is 9.53 Å². The normalized spacial score (nSPS) is 15.2. The van der Waals surface area contributed by atoms with E-state index in [9.17, 15) is 4.79 Å². The zero-order valence-corrected chi connectivity index (χ0v) is 12.0. The fraction of sp³-hybridized carbons (Fsp3) is 0.600. The van der Waals surface area contributed by atoms with Crippen molar-refractivity contribution in [1.82, 2.24) is 10.3 Å². The third-order valence-corrected chi connectivity index (χ3v) is 3.54. The minimum absolute atomic E-state index is 0.0574. The van der Waals surface area contributed by atoms with Crippen LogP contribution in [-0.4, -0.2) is 37.2 Å². The number of methoxy groups -OCH3 is 1. The quantitative estimate of drug-likeness (QED) is 0.750. The number of pyridine rings is 1. The molecule has 110 valence electrons. The Labute approximate surface area is 120 Å². The van der Waals surface area contributed by atoms with E-state index in [0.29, 0.717) is 24.8 Å². The Bertz CT molecular complexity index is 431. The van der Waals surface area contributed by atoms with Gasteiger partial charge >= 0.3 is 0 Å². The van der Waals surface area contributed by atoms with Crippen molar-refractivity contribution in [2.75, 3.05) is 25.6 Å². The predicted molar refractivity (Wildman–Crippen MR) is 78.9 cm³/mol. The van der Waals surface area contributed by atoms with Crippen LogP contribution in [0.5, 0.6) is 0 Å². The highest BCUT2D eigenvalue weighted by molar-refractivity contribution is 5.94. The predicted octanol–water partition coefficient (Wildman–Crippen LogP) is 2.20. The highest BCUT2D eigenvalue weighted by atomic mass is 16.5. The van der Waals surface area contributed by atoms with Crippen LogP contribution in [0.15, 0.2) is 18.3 Å². The van der Waals surface area contributed by atoms with Gasteiger partial charge in [-0.05, 0) is 31.4 Å². The van der Waals surface area contributed by atoms with E-state index in [4.69, 9.17) is 4.74 Å². The number of carbonyl (C=O) groups excluding carboxylic acids is 1. The molecule has 0 saturated heterocycles. The number of anilines is 1. The minimum atomic E-state index is -0.0574. The third kappa shape index (κ3) is 4.49. The molecule has 0 atom stereocenters. The number of amides is 1. The number of aromatic nitrogens is 1. The molecule has 0 bridgehead atoms. The maximum atomic E-state index is 12.0. The van der Waals surface area contributed by atoms with Crippen LogP contribution in [-0.2, 0) is 4.74 Å². The van der Waals surface area contributed by atoms with E-state index < -0.39 is 0 Å². The first kappa shape index (κ1) is 14.8. The van der Waals surface area contributed by atoms with Gasteiger partial charge in [-0.1, -0.05) is 12.8 Å². The van der Waals surface area contributed by atoms with Crippen molar-refractivity contribution in [2.45, 2.75) is 38.1 Å². The highest BCUT2D eigenvalue weighted by Gasteiger charge is 2.15. The molecule has 0 aromatic carbocycles. The van der Waals surface area contributed by atoms with Gasteiger partial charge in [0, 0.05) is 38.1 Å². The fourth-order valence-corrected chi connectivity index (χ4v) is 2.45. The van der Waals surface area contributed by atoms with Crippen LogP contribution >= 0.6 is 0 Å². The molecular formula is C15H23N3O2. The first-order valence-corrected chi connectivity index (χ1v) is 7.29. The Morgan fingerprint density at radius 1 is 1.45 bits per heavy atom. The van der Waals surface area contributed by atoms with E-state index in [1.807, 2.05) is 6.07 Å². The van der Waals surface area contributed by atoms with Gasteiger partial charge in [-0.25, -0.2) is 4.98 Å². The number of rotatable bonds is 7. The molecule has 0 unspecified atom stereocenters. The van der Waals surface area contributed by atoms with Crippen molar-refractivity contribution >= 4 is 11.7 Å². The summed E-state index contributed by atoms with van der Waals surface area (Å²) < 4.78 is 4.95. The molecule has 1 saturated carbocycles. The van der Waals surface area contributed by atoms with E-state index in [2.05, 4.69) is 15.6 Å². The molecule has 1 aliphatic rings. The van der Waals surface area contributed by atoms with E-state index in [1.54, 1.807) is 19.4 Å². The summed E-state index contributed by atoms with van der Waals surface area (Å²) in [5, 5.41) is 6.28. The molecule has 1 aromatic heterocycles. The SMILES string of the molecule is COCCCNC(=O)c1ccnc(NC2CCCC2)c1. The molecule has 5 heteroatoms. The van der Waals surface area contributed by atoms with Crippen molar-refractivity contribution in [3.05, 3.63) is 23.9 Å². The van der Waals surface area contributed by atoms with Crippen LogP contribution in [0.4, 0.5) is 5.82 Å². The van der Waals surface area contributed by atoms with Gasteiger partial charge in [0.1, 0.15) is 5.82 Å². The zero-order chi connectivity index (χ0) is 14.2. The lowest BCUT2D eigenvalue weighted by molar-refractivity contribution is 0.0948. The molecule has 1 heterocycles. The molecule has 0 spiro atoms. The van der Waals surface area contributed by atoms with Crippen LogP contribution in [0.25, 0.3) is 0 Å². The largest absolute Gasteiger partial charge is 0.385 e. The van der Waals surface area contributed by atoms with E-state index >= 15 is 0 Å². The molecule has 20 heavy (non-hydrogen) atoms. The Kier molecular flexibility index (Phi) is 5.80. The molecular weight excluding hydrogens is 254 g/mol. The molecule has 2 rings (SSSR count). The van der Waals surface area contributed by atoms with E-state index in [1.165, 1.54) is 25.7 Å². The monoisotopic (exact) mass is 277 g/mol. The topological polar surface area (TPSA) is 63.2 Å². The maximum absolute atomic E-state index is 12.0. The molecule has 0 radical (unpaired) electrons. The van der Waals surface area contributed by atoms with Gasteiger partial charge < -0.3 is 15.4 Å². The standard InChI is InChI=1S/C15H23N3O2/c1-20-10-4-8-17-15(19)12-7-9-16-14(11-12)18-13-5-2-3-6-13/h7,9,11,13H,2-6,8,10H2,1H3,(H,16,18)(H,17,19). The molecule has 0 aliphatic heterocycles. The van der Waals surface area contributed by atoms with Crippen LogP contribution in [0.3, 0.4) is 0 Å². The summed E-state index contributed by atoms with van der Waals surface area (Å²) in [6.07, 6.45) is 7.43. The summed E-state index contributed by atoms with van der Waals surface area (Å²) in [4.78, 5) is 16.3. The Balaban J connectivity index is 1.86. The van der Waals surface area contributed by atoms with Crippen LogP contribution in [0.2, 0.25) is 0 Å². The van der Waals surface area contributed by atoms with Crippen LogP contribution < -0.4 is 10.6 Å². The number of ether oxygens (including phenoxy) is 1. The van der Waals surface area contributed by atoms with Crippen LogP contribution in [0, 0.1) is 0 Å². The van der Waals surface area contributed by atoms with Gasteiger partial charge in [0.25, 0.3) is 5.91 Å². The Morgan fingerprint density at radius 3 is 3.00 bits per heavy atom. The van der Waals surface area contributed by atoms with E-state index in [-0.39, 0.29) is 5.91 Å². The first-order valence-electron chi connectivity index (χ1n) is 7.29. The second-order valence-corrected chi connectivity index (χ2v) is 5.16. The molecule has 5 nitrogen and oxygen atoms in total. The van der Waals surface area contributed by atoms with Crippen molar-refractivity contribution in [3.63, 3.8) is 0 Å². The lowest BCUT2D eigenvalue weighted by Crippen LogP contribution is -2.25. The summed E-state index contributed by atoms with van der Waals surface area (Å²) in [5.41, 5.74) is 0.651. The second-order valence-electron chi connectivity index (χ2n) is 5.16. The number of hydrogen-bond donors (Lipinski definition) is 2. The summed E-state index contributed by atoms with van der Waals surface area (Å²) in [6.45, 7) is 1.28. The van der Waals surface area contributed by atoms with Crippen molar-refractivity contribution in [2.24, 2.45) is 0 Å². The summed E-state index contributed by atoms with van der Waals surface area (Å²) in [7, 11) is 1.66. The number of nitrogens with zero attached hydrogens (tertiary/aromatic N) is 1. The average molecular weight is 277 g/mol. The second kappa shape index (κ2) is 7.85. The highest BCUT2D eigenvalue weighted by Crippen LogP contribution is 2.21. The van der Waals surface area contributed by atoms with Gasteiger partial charge in [0.2, 0.25) is 0 Å².